The molecular formula is C24H24N6O3. The molecule has 3 N–H and O–H groups in total. The summed E-state index contributed by atoms with van der Waals surface area (Å²) in [6, 6.07) is 14.2. The van der Waals surface area contributed by atoms with Gasteiger partial charge in [0, 0.05) is 48.5 Å². The van der Waals surface area contributed by atoms with Crippen LogP contribution in [0.25, 0.3) is 22.1 Å². The van der Waals surface area contributed by atoms with Crippen LogP contribution in [0.5, 0.6) is 0 Å². The van der Waals surface area contributed by atoms with E-state index in [1.54, 1.807) is 12.1 Å². The lowest BCUT2D eigenvalue weighted by Gasteiger charge is -2.07. The topological polar surface area (TPSA) is 130 Å². The lowest BCUT2D eigenvalue weighted by atomic mass is 10.1. The molecule has 0 spiro atoms. The molecule has 0 atom stereocenters. The van der Waals surface area contributed by atoms with Gasteiger partial charge >= 0.3 is 0 Å². The van der Waals surface area contributed by atoms with Crippen molar-refractivity contribution < 1.29 is 9.59 Å². The number of rotatable bonds is 9. The maximum absolute atomic E-state index is 12.4. The second-order valence-electron chi connectivity index (χ2n) is 7.71. The first-order chi connectivity index (χ1) is 16.0. The van der Waals surface area contributed by atoms with E-state index in [0.717, 1.165) is 16.5 Å². The molecule has 4 aromatic heterocycles. The molecule has 4 rings (SSSR count). The third-order valence-electron chi connectivity index (χ3n) is 5.14. The quantitative estimate of drug-likeness (QED) is 0.266. The molecule has 33 heavy (non-hydrogen) atoms. The number of ketones is 1. The first kappa shape index (κ1) is 22.2. The van der Waals surface area contributed by atoms with E-state index in [1.165, 1.54) is 6.07 Å². The monoisotopic (exact) mass is 444 g/mol. The molecule has 168 valence electrons. The number of hydrogen-bond acceptors (Lipinski definition) is 7. The SMILES string of the molecule is Cc1ccc2ccc(C(=O)CCNCCC(=O)NCc3ccc4ccc(=O)[nH]c4n3)nc2n1. The van der Waals surface area contributed by atoms with E-state index in [2.05, 4.69) is 30.6 Å². The van der Waals surface area contributed by atoms with Gasteiger partial charge in [-0.1, -0.05) is 0 Å². The number of H-pyrrole nitrogens is 1. The molecule has 1 amide bonds. The second kappa shape index (κ2) is 10.1. The van der Waals surface area contributed by atoms with Crippen LogP contribution in [-0.2, 0) is 11.3 Å². The summed E-state index contributed by atoms with van der Waals surface area (Å²) < 4.78 is 0. The normalized spacial score (nSPS) is 11.1. The lowest BCUT2D eigenvalue weighted by Crippen LogP contribution is -2.28. The van der Waals surface area contributed by atoms with E-state index in [1.807, 2.05) is 37.3 Å². The molecule has 0 bridgehead atoms. The maximum atomic E-state index is 12.4. The van der Waals surface area contributed by atoms with Crippen LogP contribution in [0.15, 0.2) is 53.3 Å². The molecule has 0 aliphatic carbocycles. The summed E-state index contributed by atoms with van der Waals surface area (Å²) in [5.74, 6) is -0.201. The Balaban J connectivity index is 1.18. The van der Waals surface area contributed by atoms with Gasteiger partial charge in [0.15, 0.2) is 11.4 Å². The van der Waals surface area contributed by atoms with Crippen molar-refractivity contribution in [2.24, 2.45) is 0 Å². The van der Waals surface area contributed by atoms with Crippen molar-refractivity contribution in [3.05, 3.63) is 76.0 Å². The summed E-state index contributed by atoms with van der Waals surface area (Å²) in [5.41, 5.74) is 2.74. The number of hydrogen-bond donors (Lipinski definition) is 3. The van der Waals surface area contributed by atoms with Gasteiger partial charge in [-0.2, -0.15) is 0 Å². The van der Waals surface area contributed by atoms with Crippen LogP contribution < -0.4 is 16.2 Å². The van der Waals surface area contributed by atoms with Crippen molar-refractivity contribution in [2.75, 3.05) is 13.1 Å². The van der Waals surface area contributed by atoms with Crippen LogP contribution in [0.1, 0.15) is 34.7 Å². The number of fused-ring (bicyclic) bond motifs is 2. The van der Waals surface area contributed by atoms with E-state index < -0.39 is 0 Å². The number of nitrogens with one attached hydrogen (secondary N) is 3. The Labute approximate surface area is 189 Å². The first-order valence-electron chi connectivity index (χ1n) is 10.7. The van der Waals surface area contributed by atoms with Gasteiger partial charge in [-0.25, -0.2) is 15.0 Å². The fourth-order valence-electron chi connectivity index (χ4n) is 3.35. The van der Waals surface area contributed by atoms with Gasteiger partial charge in [0.05, 0.1) is 12.2 Å². The minimum atomic E-state index is -0.219. The van der Waals surface area contributed by atoms with Crippen LogP contribution in [0.4, 0.5) is 0 Å². The first-order valence-corrected chi connectivity index (χ1v) is 10.7. The van der Waals surface area contributed by atoms with Crippen molar-refractivity contribution in [3.8, 4) is 0 Å². The number of aromatic amines is 1. The zero-order valence-electron chi connectivity index (χ0n) is 18.2. The van der Waals surface area contributed by atoms with Gasteiger partial charge < -0.3 is 15.6 Å². The number of aromatic nitrogens is 4. The van der Waals surface area contributed by atoms with Crippen molar-refractivity contribution in [1.29, 1.82) is 0 Å². The summed E-state index contributed by atoms with van der Waals surface area (Å²) in [6.45, 7) is 3.05. The fourth-order valence-corrected chi connectivity index (χ4v) is 3.35. The highest BCUT2D eigenvalue weighted by Gasteiger charge is 2.09. The molecule has 0 fully saturated rings. The Kier molecular flexibility index (Phi) is 6.80. The van der Waals surface area contributed by atoms with Gasteiger partial charge in [0.25, 0.3) is 0 Å². The van der Waals surface area contributed by atoms with E-state index >= 15 is 0 Å². The zero-order valence-corrected chi connectivity index (χ0v) is 18.2. The van der Waals surface area contributed by atoms with Crippen molar-refractivity contribution >= 4 is 33.8 Å². The number of carbonyl (C=O) groups excluding carboxylic acids is 2. The Morgan fingerprint density at radius 3 is 2.52 bits per heavy atom. The maximum Gasteiger partial charge on any atom is 0.249 e. The van der Waals surface area contributed by atoms with Crippen LogP contribution in [0, 0.1) is 6.92 Å². The number of nitrogens with zero attached hydrogens (tertiary/aromatic N) is 3. The largest absolute Gasteiger partial charge is 0.350 e. The lowest BCUT2D eigenvalue weighted by molar-refractivity contribution is -0.121. The summed E-state index contributed by atoms with van der Waals surface area (Å²) >= 11 is 0. The van der Waals surface area contributed by atoms with E-state index in [4.69, 9.17) is 0 Å². The van der Waals surface area contributed by atoms with E-state index in [-0.39, 0.29) is 36.6 Å². The van der Waals surface area contributed by atoms with E-state index in [0.29, 0.717) is 35.8 Å². The molecule has 0 aromatic carbocycles. The second-order valence-corrected chi connectivity index (χ2v) is 7.71. The fraction of sp³-hybridized carbons (Fsp3) is 0.250. The van der Waals surface area contributed by atoms with Crippen LogP contribution in [0.3, 0.4) is 0 Å². The minimum Gasteiger partial charge on any atom is -0.350 e. The Morgan fingerprint density at radius 2 is 1.64 bits per heavy atom. The van der Waals surface area contributed by atoms with Gasteiger partial charge in [-0.15, -0.1) is 0 Å². The summed E-state index contributed by atoms with van der Waals surface area (Å²) in [7, 11) is 0. The van der Waals surface area contributed by atoms with Crippen molar-refractivity contribution in [1.82, 2.24) is 30.6 Å². The molecule has 0 aliphatic rings. The summed E-state index contributed by atoms with van der Waals surface area (Å²) in [6.07, 6.45) is 0.557. The van der Waals surface area contributed by atoms with Crippen LogP contribution in [-0.4, -0.2) is 44.7 Å². The number of amides is 1. The highest BCUT2D eigenvalue weighted by atomic mass is 16.1. The van der Waals surface area contributed by atoms with E-state index in [9.17, 15) is 14.4 Å². The standard InChI is InChI=1S/C24H24N6O3/c1-15-2-3-16-5-8-19(29-23(16)27-15)20(31)10-12-25-13-11-21(32)26-14-18-7-4-17-6-9-22(33)30-24(17)28-18/h2-9,25H,10-14H2,1H3,(H,26,32)(H,28,30,33). The molecule has 4 heterocycles. The van der Waals surface area contributed by atoms with Crippen LogP contribution in [0.2, 0.25) is 0 Å². The highest BCUT2D eigenvalue weighted by molar-refractivity contribution is 5.96. The molecule has 9 nitrogen and oxygen atoms in total. The smallest absolute Gasteiger partial charge is 0.249 e. The van der Waals surface area contributed by atoms with Gasteiger partial charge in [-0.3, -0.25) is 14.4 Å². The van der Waals surface area contributed by atoms with Crippen molar-refractivity contribution in [3.63, 3.8) is 0 Å². The number of carbonyl (C=O) groups is 2. The predicted octanol–water partition coefficient (Wildman–Crippen LogP) is 2.04. The molecule has 0 unspecified atom stereocenters. The molecular weight excluding hydrogens is 420 g/mol. The Hall–Kier alpha value is -3.98. The molecule has 4 aromatic rings. The minimum absolute atomic E-state index is 0.0717. The van der Waals surface area contributed by atoms with Gasteiger partial charge in [-0.05, 0) is 49.4 Å². The third kappa shape index (κ3) is 5.83. The van der Waals surface area contributed by atoms with Crippen molar-refractivity contribution in [2.45, 2.75) is 26.3 Å². The number of aryl methyl sites for hydroxylation is 1. The highest BCUT2D eigenvalue weighted by Crippen LogP contribution is 2.12. The number of pyridine rings is 4. The summed E-state index contributed by atoms with van der Waals surface area (Å²) in [4.78, 5) is 51.7. The molecule has 0 saturated carbocycles. The Morgan fingerprint density at radius 1 is 0.879 bits per heavy atom. The van der Waals surface area contributed by atoms with Gasteiger partial charge in [0.1, 0.15) is 11.3 Å². The summed E-state index contributed by atoms with van der Waals surface area (Å²) in [5, 5.41) is 7.64. The average molecular weight is 444 g/mol. The molecule has 0 saturated heterocycles. The molecule has 0 radical (unpaired) electrons. The third-order valence-corrected chi connectivity index (χ3v) is 5.14. The molecule has 0 aliphatic heterocycles. The zero-order chi connectivity index (χ0) is 23.2. The van der Waals surface area contributed by atoms with Crippen LogP contribution >= 0.6 is 0 Å². The Bertz CT molecular complexity index is 1380. The predicted molar refractivity (Wildman–Crippen MR) is 125 cm³/mol. The molecule has 9 heteroatoms. The van der Waals surface area contributed by atoms with Gasteiger partial charge in [0.2, 0.25) is 11.5 Å². The number of Topliss-reactive ketones (excluding diaryl/α,β-unsaturated/α-hetero) is 1. The average Bonchev–Trinajstić information content (AvgIpc) is 2.81.